The molecule has 126 valence electrons. The Morgan fingerprint density at radius 2 is 2.17 bits per heavy atom. The fraction of sp³-hybridized carbons (Fsp3) is 0.389. The van der Waals surface area contributed by atoms with Gasteiger partial charge in [0.1, 0.15) is 0 Å². The summed E-state index contributed by atoms with van der Waals surface area (Å²) in [6.45, 7) is 6.34. The van der Waals surface area contributed by atoms with Crippen LogP contribution in [-0.2, 0) is 16.0 Å². The van der Waals surface area contributed by atoms with Crippen LogP contribution in [-0.4, -0.2) is 23.3 Å². The van der Waals surface area contributed by atoms with Crippen LogP contribution in [0.1, 0.15) is 32.8 Å². The lowest BCUT2D eigenvalue weighted by Gasteiger charge is -2.16. The van der Waals surface area contributed by atoms with Crippen LogP contribution in [0.4, 0.5) is 10.8 Å². The fourth-order valence-electron chi connectivity index (χ4n) is 2.72. The zero-order valence-corrected chi connectivity index (χ0v) is 14.9. The summed E-state index contributed by atoms with van der Waals surface area (Å²) in [5, 5.41) is 5.39. The number of benzene rings is 1. The van der Waals surface area contributed by atoms with Gasteiger partial charge in [0, 0.05) is 35.5 Å². The molecular weight excluding hydrogens is 322 g/mol. The van der Waals surface area contributed by atoms with E-state index < -0.39 is 0 Å². The molecule has 6 heteroatoms. The maximum absolute atomic E-state index is 12.0. The van der Waals surface area contributed by atoms with Crippen LogP contribution < -0.4 is 10.2 Å². The van der Waals surface area contributed by atoms with E-state index in [1.54, 1.807) is 0 Å². The first-order chi connectivity index (χ1) is 11.5. The third-order valence-corrected chi connectivity index (χ3v) is 4.89. The highest BCUT2D eigenvalue weighted by Crippen LogP contribution is 2.33. The van der Waals surface area contributed by atoms with Gasteiger partial charge in [-0.3, -0.25) is 9.59 Å². The van der Waals surface area contributed by atoms with E-state index in [9.17, 15) is 9.59 Å². The van der Waals surface area contributed by atoms with Crippen molar-refractivity contribution in [3.63, 3.8) is 0 Å². The molecule has 0 fully saturated rings. The van der Waals surface area contributed by atoms with E-state index in [1.807, 2.05) is 43.2 Å². The minimum absolute atomic E-state index is 0.0291. The van der Waals surface area contributed by atoms with E-state index in [-0.39, 0.29) is 17.7 Å². The number of thiazole rings is 1. The summed E-state index contributed by atoms with van der Waals surface area (Å²) >= 11 is 1.42. The Labute approximate surface area is 145 Å². The van der Waals surface area contributed by atoms with Gasteiger partial charge in [0.25, 0.3) is 0 Å². The number of amides is 2. The molecule has 1 aromatic heterocycles. The van der Waals surface area contributed by atoms with Gasteiger partial charge < -0.3 is 10.2 Å². The number of nitrogens with zero attached hydrogens (tertiary/aromatic N) is 2. The molecule has 0 saturated heterocycles. The summed E-state index contributed by atoms with van der Waals surface area (Å²) in [5.41, 5.74) is 4.05. The van der Waals surface area contributed by atoms with Gasteiger partial charge in [-0.1, -0.05) is 26.8 Å². The predicted molar refractivity (Wildman–Crippen MR) is 97.4 cm³/mol. The van der Waals surface area contributed by atoms with Crippen molar-refractivity contribution in [3.05, 3.63) is 29.1 Å². The Balaban J connectivity index is 1.81. The molecule has 0 radical (unpaired) electrons. The fourth-order valence-corrected chi connectivity index (χ4v) is 3.45. The van der Waals surface area contributed by atoms with Crippen molar-refractivity contribution in [1.82, 2.24) is 4.98 Å². The van der Waals surface area contributed by atoms with Crippen molar-refractivity contribution >= 4 is 34.0 Å². The lowest BCUT2D eigenvalue weighted by Crippen LogP contribution is -2.27. The molecule has 24 heavy (non-hydrogen) atoms. The summed E-state index contributed by atoms with van der Waals surface area (Å²) < 4.78 is 0. The quantitative estimate of drug-likeness (QED) is 0.920. The molecule has 2 amide bonds. The molecule has 1 aromatic carbocycles. The Morgan fingerprint density at radius 1 is 1.38 bits per heavy atom. The number of nitrogens with one attached hydrogen (secondary N) is 1. The number of fused-ring (bicyclic) bond motifs is 1. The minimum Gasteiger partial charge on any atom is -0.312 e. The van der Waals surface area contributed by atoms with Crippen molar-refractivity contribution in [2.24, 2.45) is 5.92 Å². The van der Waals surface area contributed by atoms with Crippen LogP contribution in [0.2, 0.25) is 0 Å². The highest BCUT2D eigenvalue weighted by molar-refractivity contribution is 7.14. The molecule has 1 aliphatic rings. The number of hydrogen-bond acceptors (Lipinski definition) is 4. The topological polar surface area (TPSA) is 62.3 Å². The van der Waals surface area contributed by atoms with Gasteiger partial charge in [-0.05, 0) is 24.1 Å². The minimum atomic E-state index is -0.0700. The zero-order valence-electron chi connectivity index (χ0n) is 14.1. The normalized spacial score (nSPS) is 13.2. The summed E-state index contributed by atoms with van der Waals surface area (Å²) in [6.07, 6.45) is 1.39. The predicted octanol–water partition coefficient (Wildman–Crippen LogP) is 3.70. The van der Waals surface area contributed by atoms with E-state index in [4.69, 9.17) is 0 Å². The van der Waals surface area contributed by atoms with Crippen LogP contribution in [0.5, 0.6) is 0 Å². The second-order valence-corrected chi connectivity index (χ2v) is 7.03. The maximum Gasteiger partial charge on any atom is 0.228 e. The largest absolute Gasteiger partial charge is 0.312 e. The lowest BCUT2D eigenvalue weighted by molar-refractivity contribution is -0.119. The summed E-state index contributed by atoms with van der Waals surface area (Å²) in [6, 6.07) is 6.08. The van der Waals surface area contributed by atoms with E-state index >= 15 is 0 Å². The number of carbonyl (C=O) groups excluding carboxylic acids is 2. The SMILES string of the molecule is CCC(=O)N1CCc2cc(-c3csc(NC(=O)C(C)C)n3)ccc21. The standard InChI is InChI=1S/C18H21N3O2S/c1-4-16(22)21-8-7-13-9-12(5-6-15(13)21)14-10-24-18(19-14)20-17(23)11(2)3/h5-6,9-11H,4,7-8H2,1-3H3,(H,19,20,23). The first-order valence-electron chi connectivity index (χ1n) is 8.19. The van der Waals surface area contributed by atoms with Crippen LogP contribution in [0.3, 0.4) is 0 Å². The molecular formula is C18H21N3O2S. The number of carbonyl (C=O) groups is 2. The van der Waals surface area contributed by atoms with Crippen molar-refractivity contribution in [1.29, 1.82) is 0 Å². The Bertz CT molecular complexity index is 782. The van der Waals surface area contributed by atoms with Crippen molar-refractivity contribution < 1.29 is 9.59 Å². The molecule has 1 N–H and O–H groups in total. The average Bonchev–Trinajstić information content (AvgIpc) is 3.20. The van der Waals surface area contributed by atoms with Gasteiger partial charge in [0.15, 0.2) is 5.13 Å². The van der Waals surface area contributed by atoms with Crippen LogP contribution in [0.25, 0.3) is 11.3 Å². The zero-order chi connectivity index (χ0) is 17.3. The third kappa shape index (κ3) is 3.19. The van der Waals surface area contributed by atoms with E-state index in [1.165, 1.54) is 16.9 Å². The van der Waals surface area contributed by atoms with Crippen LogP contribution in [0.15, 0.2) is 23.6 Å². The lowest BCUT2D eigenvalue weighted by atomic mass is 10.1. The number of rotatable bonds is 4. The Kier molecular flexibility index (Phi) is 4.66. The van der Waals surface area contributed by atoms with Gasteiger partial charge in [0.05, 0.1) is 5.69 Å². The van der Waals surface area contributed by atoms with Crippen LogP contribution >= 0.6 is 11.3 Å². The molecule has 1 aliphatic heterocycles. The van der Waals surface area contributed by atoms with Crippen molar-refractivity contribution in [3.8, 4) is 11.3 Å². The van der Waals surface area contributed by atoms with E-state index in [0.717, 1.165) is 29.9 Å². The molecule has 0 aliphatic carbocycles. The first-order valence-corrected chi connectivity index (χ1v) is 9.07. The molecule has 2 aromatic rings. The van der Waals surface area contributed by atoms with E-state index in [2.05, 4.69) is 16.4 Å². The molecule has 0 spiro atoms. The van der Waals surface area contributed by atoms with Crippen molar-refractivity contribution in [2.75, 3.05) is 16.8 Å². The van der Waals surface area contributed by atoms with Gasteiger partial charge in [-0.25, -0.2) is 4.98 Å². The third-order valence-electron chi connectivity index (χ3n) is 4.13. The molecule has 0 unspecified atom stereocenters. The van der Waals surface area contributed by atoms with Gasteiger partial charge >= 0.3 is 0 Å². The summed E-state index contributed by atoms with van der Waals surface area (Å²) in [4.78, 5) is 30.1. The number of anilines is 2. The summed E-state index contributed by atoms with van der Waals surface area (Å²) in [7, 11) is 0. The molecule has 0 atom stereocenters. The number of aromatic nitrogens is 1. The maximum atomic E-state index is 12.0. The molecule has 3 rings (SSSR count). The van der Waals surface area contributed by atoms with E-state index in [0.29, 0.717) is 11.6 Å². The second kappa shape index (κ2) is 6.73. The molecule has 0 saturated carbocycles. The highest BCUT2D eigenvalue weighted by atomic mass is 32.1. The van der Waals surface area contributed by atoms with Gasteiger partial charge in [-0.2, -0.15) is 0 Å². The number of hydrogen-bond donors (Lipinski definition) is 1. The van der Waals surface area contributed by atoms with Crippen LogP contribution in [0, 0.1) is 5.92 Å². The Hall–Kier alpha value is -2.21. The second-order valence-electron chi connectivity index (χ2n) is 6.17. The first kappa shape index (κ1) is 16.6. The summed E-state index contributed by atoms with van der Waals surface area (Å²) in [5.74, 6) is 0.0619. The highest BCUT2D eigenvalue weighted by Gasteiger charge is 2.24. The smallest absolute Gasteiger partial charge is 0.228 e. The molecule has 2 heterocycles. The molecule has 0 bridgehead atoms. The average molecular weight is 343 g/mol. The Morgan fingerprint density at radius 3 is 2.88 bits per heavy atom. The monoisotopic (exact) mass is 343 g/mol. The van der Waals surface area contributed by atoms with Gasteiger partial charge in [-0.15, -0.1) is 11.3 Å². The van der Waals surface area contributed by atoms with Gasteiger partial charge in [0.2, 0.25) is 11.8 Å². The molecule has 5 nitrogen and oxygen atoms in total. The van der Waals surface area contributed by atoms with Crippen molar-refractivity contribution in [2.45, 2.75) is 33.6 Å².